The number of hydrogen-bond donors (Lipinski definition) is 1. The van der Waals surface area contributed by atoms with Crippen molar-refractivity contribution in [3.8, 4) is 45.5 Å². The molecule has 3 nitrogen and oxygen atoms in total. The van der Waals surface area contributed by atoms with Crippen LogP contribution in [0.25, 0.3) is 45.0 Å². The molecule has 242 valence electrons. The van der Waals surface area contributed by atoms with Gasteiger partial charge in [-0.05, 0) is 116 Å². The lowest BCUT2D eigenvalue weighted by Gasteiger charge is -2.34. The molecule has 1 aliphatic rings. The van der Waals surface area contributed by atoms with Crippen LogP contribution < -0.4 is 5.73 Å². The number of fused-ring (bicyclic) bond motifs is 3. The molecule has 6 aromatic rings. The van der Waals surface area contributed by atoms with Crippen molar-refractivity contribution in [2.75, 3.05) is 0 Å². The Labute approximate surface area is 299 Å². The first-order valence-corrected chi connectivity index (χ1v) is 16.9. The first-order chi connectivity index (χ1) is 25.0. The molecule has 3 heteroatoms. The second-order valence-electron chi connectivity index (χ2n) is 12.7. The van der Waals surface area contributed by atoms with Gasteiger partial charge in [0.2, 0.25) is 0 Å². The van der Waals surface area contributed by atoms with Gasteiger partial charge in [-0.25, -0.2) is 0 Å². The van der Waals surface area contributed by atoms with Gasteiger partial charge in [0.25, 0.3) is 0 Å². The van der Waals surface area contributed by atoms with Crippen LogP contribution in [0.2, 0.25) is 0 Å². The Bertz CT molecular complexity index is 2430. The molecule has 0 bridgehead atoms. The fraction of sp³-hybridized carbons (Fsp3) is 0.0417. The Balaban J connectivity index is 1.45. The Morgan fingerprint density at radius 3 is 1.73 bits per heavy atom. The van der Waals surface area contributed by atoms with Crippen molar-refractivity contribution in [1.29, 1.82) is 10.5 Å². The first kappa shape index (κ1) is 32.6. The Kier molecular flexibility index (Phi) is 8.88. The molecule has 2 N–H and O–H groups in total. The monoisotopic (exact) mass is 653 g/mol. The third-order valence-electron chi connectivity index (χ3n) is 9.65. The summed E-state index contributed by atoms with van der Waals surface area (Å²) in [5.41, 5.74) is 20.9. The molecule has 0 fully saturated rings. The number of nitrogens with zero attached hydrogens (tertiary/aromatic N) is 2. The smallest absolute Gasteiger partial charge is 0.0985 e. The normalized spacial score (nSPS) is 13.2. The molecule has 0 spiro atoms. The van der Waals surface area contributed by atoms with Crippen LogP contribution in [0.15, 0.2) is 182 Å². The molecular weight excluding hydrogens is 619 g/mol. The van der Waals surface area contributed by atoms with Gasteiger partial charge in [0.1, 0.15) is 0 Å². The van der Waals surface area contributed by atoms with Gasteiger partial charge in [-0.2, -0.15) is 10.5 Å². The molecule has 0 atom stereocenters. The highest BCUT2D eigenvalue weighted by Crippen LogP contribution is 2.57. The molecule has 0 saturated heterocycles. The van der Waals surface area contributed by atoms with Gasteiger partial charge in [-0.3, -0.25) is 0 Å². The van der Waals surface area contributed by atoms with Gasteiger partial charge >= 0.3 is 0 Å². The van der Waals surface area contributed by atoms with Gasteiger partial charge in [0, 0.05) is 17.3 Å². The summed E-state index contributed by atoms with van der Waals surface area (Å²) in [6.45, 7) is 5.57. The quantitative estimate of drug-likeness (QED) is 0.131. The maximum absolute atomic E-state index is 9.39. The predicted molar refractivity (Wildman–Crippen MR) is 210 cm³/mol. The highest BCUT2D eigenvalue weighted by molar-refractivity contribution is 5.91. The molecule has 0 aliphatic heterocycles. The number of hydrogen-bond acceptors (Lipinski definition) is 3. The van der Waals surface area contributed by atoms with Crippen LogP contribution in [0.5, 0.6) is 0 Å². The van der Waals surface area contributed by atoms with E-state index in [1.54, 1.807) is 19.2 Å². The van der Waals surface area contributed by atoms with E-state index in [1.165, 1.54) is 33.4 Å². The summed E-state index contributed by atoms with van der Waals surface area (Å²) in [6.07, 6.45) is 7.05. The molecule has 0 aromatic heterocycles. The number of rotatable bonds is 8. The van der Waals surface area contributed by atoms with Crippen molar-refractivity contribution >= 4 is 11.6 Å². The van der Waals surface area contributed by atoms with Crippen LogP contribution in [0.1, 0.15) is 40.3 Å². The maximum Gasteiger partial charge on any atom is 0.0985 e. The summed E-state index contributed by atoms with van der Waals surface area (Å²) in [5.74, 6) is 0. The molecular formula is C48H35N3. The van der Waals surface area contributed by atoms with Gasteiger partial charge in [0.15, 0.2) is 0 Å². The zero-order valence-corrected chi connectivity index (χ0v) is 28.3. The van der Waals surface area contributed by atoms with Gasteiger partial charge in [-0.15, -0.1) is 0 Å². The number of nitriles is 2. The predicted octanol–water partition coefficient (Wildman–Crippen LogP) is 11.2. The molecule has 0 unspecified atom stereocenters. The van der Waals surface area contributed by atoms with Crippen molar-refractivity contribution in [2.24, 2.45) is 5.73 Å². The van der Waals surface area contributed by atoms with E-state index in [4.69, 9.17) is 5.73 Å². The molecule has 51 heavy (non-hydrogen) atoms. The Hall–Kier alpha value is -6.94. The third kappa shape index (κ3) is 5.99. The highest BCUT2D eigenvalue weighted by atomic mass is 14.5. The van der Waals surface area contributed by atoms with Gasteiger partial charge < -0.3 is 5.73 Å². The maximum atomic E-state index is 9.39. The van der Waals surface area contributed by atoms with Crippen LogP contribution in [0, 0.1) is 22.7 Å². The second-order valence-corrected chi connectivity index (χ2v) is 12.7. The fourth-order valence-corrected chi connectivity index (χ4v) is 7.28. The Morgan fingerprint density at radius 1 is 0.627 bits per heavy atom. The van der Waals surface area contributed by atoms with E-state index in [-0.39, 0.29) is 0 Å². The van der Waals surface area contributed by atoms with E-state index in [1.807, 2.05) is 36.4 Å². The van der Waals surface area contributed by atoms with E-state index in [0.29, 0.717) is 11.1 Å². The van der Waals surface area contributed by atoms with Crippen LogP contribution in [0.4, 0.5) is 0 Å². The number of benzene rings is 6. The summed E-state index contributed by atoms with van der Waals surface area (Å²) in [5, 5.41) is 18.6. The minimum atomic E-state index is -0.524. The highest BCUT2D eigenvalue weighted by Gasteiger charge is 2.46. The topological polar surface area (TPSA) is 73.6 Å². The summed E-state index contributed by atoms with van der Waals surface area (Å²) in [7, 11) is 0. The third-order valence-corrected chi connectivity index (χ3v) is 9.65. The molecule has 1 aliphatic carbocycles. The largest absolute Gasteiger partial charge is 0.404 e. The lowest BCUT2D eigenvalue weighted by Crippen LogP contribution is -2.28. The summed E-state index contributed by atoms with van der Waals surface area (Å²) in [6, 6.07) is 56.2. The summed E-state index contributed by atoms with van der Waals surface area (Å²) >= 11 is 0. The molecule has 0 heterocycles. The Morgan fingerprint density at radius 2 is 1.18 bits per heavy atom. The minimum absolute atomic E-state index is 0.415. The van der Waals surface area contributed by atoms with Crippen molar-refractivity contribution in [2.45, 2.75) is 12.3 Å². The molecule has 6 aromatic carbocycles. The molecule has 0 saturated carbocycles. The van der Waals surface area contributed by atoms with Crippen molar-refractivity contribution in [3.63, 3.8) is 0 Å². The van der Waals surface area contributed by atoms with Crippen LogP contribution in [0.3, 0.4) is 0 Å². The van der Waals surface area contributed by atoms with Crippen molar-refractivity contribution < 1.29 is 0 Å². The van der Waals surface area contributed by atoms with Crippen molar-refractivity contribution in [1.82, 2.24) is 0 Å². The fourth-order valence-electron chi connectivity index (χ4n) is 7.28. The lowest BCUT2D eigenvalue weighted by molar-refractivity contribution is 0.768. The van der Waals surface area contributed by atoms with Gasteiger partial charge in [0.05, 0.1) is 17.6 Å². The molecule has 0 amide bonds. The van der Waals surface area contributed by atoms with E-state index >= 15 is 0 Å². The average molecular weight is 654 g/mol. The number of nitrogens with two attached hydrogens (primary N) is 1. The molecule has 0 radical (unpaired) electrons. The lowest BCUT2D eigenvalue weighted by atomic mass is 9.67. The second kappa shape index (κ2) is 13.9. The van der Waals surface area contributed by atoms with E-state index in [2.05, 4.69) is 140 Å². The van der Waals surface area contributed by atoms with E-state index in [0.717, 1.165) is 39.0 Å². The van der Waals surface area contributed by atoms with Crippen molar-refractivity contribution in [3.05, 3.63) is 215 Å². The zero-order valence-electron chi connectivity index (χ0n) is 28.3. The van der Waals surface area contributed by atoms with E-state index in [9.17, 15) is 10.5 Å². The zero-order chi connectivity index (χ0) is 35.4. The summed E-state index contributed by atoms with van der Waals surface area (Å²) < 4.78 is 0. The summed E-state index contributed by atoms with van der Waals surface area (Å²) in [4.78, 5) is 0. The SMILES string of the molecule is C=C(C#N)/C=C/c1cccc(-c2ccc3c(c2)-c2cc(-c4cccc(C(/C=C(\C)C#N)=C/N)c4)ccc2C3(c2ccccc2)c2ccccc2)c1. The first-order valence-electron chi connectivity index (χ1n) is 16.9. The standard InChI is InChI=1S/C48H35N3/c1-33(30-49)19-20-35-11-9-12-36(26-35)39-21-23-46-44(28-39)45-29-40(37-13-10-14-38(27-37)41(32-51)25-34(2)31-50)22-24-47(45)48(46,42-15-5-3-6-16-42)43-17-7-4-8-18-43/h3-29,32H,1,51H2,2H3/b20-19+,34-25+,41-32+. The van der Waals surface area contributed by atoms with E-state index < -0.39 is 5.41 Å². The van der Waals surface area contributed by atoms with Crippen LogP contribution >= 0.6 is 0 Å². The van der Waals surface area contributed by atoms with Crippen LogP contribution in [-0.2, 0) is 5.41 Å². The van der Waals surface area contributed by atoms with Crippen LogP contribution in [-0.4, -0.2) is 0 Å². The minimum Gasteiger partial charge on any atom is -0.404 e. The molecule has 7 rings (SSSR count). The van der Waals surface area contributed by atoms with Gasteiger partial charge in [-0.1, -0.05) is 134 Å². The average Bonchev–Trinajstić information content (AvgIpc) is 3.49. The number of allylic oxidation sites excluding steroid dienone is 5.